The van der Waals surface area contributed by atoms with Gasteiger partial charge in [-0.05, 0) is 32.4 Å². The van der Waals surface area contributed by atoms with Gasteiger partial charge in [0.25, 0.3) is 5.71 Å². The van der Waals surface area contributed by atoms with Crippen molar-refractivity contribution in [3.8, 4) is 0 Å². The molecule has 23 heavy (non-hydrogen) atoms. The molecule has 1 aliphatic carbocycles. The molecule has 2 fully saturated rings. The summed E-state index contributed by atoms with van der Waals surface area (Å²) in [6.07, 6.45) is 6.31. The van der Waals surface area contributed by atoms with Crippen molar-refractivity contribution in [2.75, 3.05) is 7.05 Å². The number of aliphatic hydroxyl groups excluding tert-OH is 1. The van der Waals surface area contributed by atoms with Crippen LogP contribution in [0.4, 0.5) is 0 Å². The number of esters is 2. The summed E-state index contributed by atoms with van der Waals surface area (Å²) in [4.78, 5) is 29.6. The van der Waals surface area contributed by atoms with E-state index in [1.54, 1.807) is 6.08 Å². The first-order valence-electron chi connectivity index (χ1n) is 7.76. The topological polar surface area (TPSA) is 103 Å². The van der Waals surface area contributed by atoms with E-state index in [0.717, 1.165) is 12.8 Å². The van der Waals surface area contributed by atoms with Crippen LogP contribution in [0.5, 0.6) is 0 Å². The first-order chi connectivity index (χ1) is 11.0. The summed E-state index contributed by atoms with van der Waals surface area (Å²) in [5.74, 6) is -2.10. The van der Waals surface area contributed by atoms with E-state index >= 15 is 0 Å². The van der Waals surface area contributed by atoms with E-state index in [2.05, 4.69) is 9.69 Å². The number of hydrogen-bond acceptors (Lipinski definition) is 5. The van der Waals surface area contributed by atoms with Crippen molar-refractivity contribution >= 4 is 17.7 Å². The van der Waals surface area contributed by atoms with E-state index in [1.807, 2.05) is 7.05 Å². The second-order valence-electron chi connectivity index (χ2n) is 6.29. The van der Waals surface area contributed by atoms with E-state index in [0.29, 0.717) is 24.6 Å². The number of aliphatic hydroxyl groups is 1. The SMILES string of the molecule is CN1[C@H]2CC[C@@H]1[C@@H](C(=O)OC(=O)C1=CCC(=[N+]=[N-])C=C1)[C@@H](O)C2. The third kappa shape index (κ3) is 2.91. The van der Waals surface area contributed by atoms with Crippen molar-refractivity contribution in [1.82, 2.24) is 4.90 Å². The lowest BCUT2D eigenvalue weighted by molar-refractivity contribution is -0.166. The first-order valence-corrected chi connectivity index (χ1v) is 7.76. The Morgan fingerprint density at radius 1 is 1.39 bits per heavy atom. The van der Waals surface area contributed by atoms with Gasteiger partial charge in [-0.3, -0.25) is 9.69 Å². The van der Waals surface area contributed by atoms with Crippen LogP contribution in [0.1, 0.15) is 25.7 Å². The van der Waals surface area contributed by atoms with Gasteiger partial charge in [-0.25, -0.2) is 4.79 Å². The fourth-order valence-corrected chi connectivity index (χ4v) is 3.73. The summed E-state index contributed by atoms with van der Waals surface area (Å²) in [6.45, 7) is 0. The molecule has 7 nitrogen and oxygen atoms in total. The number of rotatable bonds is 2. The largest absolute Gasteiger partial charge is 0.392 e. The van der Waals surface area contributed by atoms with E-state index in [1.165, 1.54) is 12.2 Å². The van der Waals surface area contributed by atoms with E-state index < -0.39 is 24.0 Å². The third-order valence-electron chi connectivity index (χ3n) is 5.05. The molecule has 0 aromatic rings. The number of allylic oxidation sites excluding steroid dienone is 2. The number of nitrogens with zero attached hydrogens (tertiary/aromatic N) is 3. The molecular weight excluding hydrogens is 298 g/mol. The second kappa shape index (κ2) is 6.20. The van der Waals surface area contributed by atoms with Crippen LogP contribution in [-0.4, -0.2) is 57.7 Å². The highest BCUT2D eigenvalue weighted by Gasteiger charge is 2.49. The minimum absolute atomic E-state index is 0.0759. The van der Waals surface area contributed by atoms with Gasteiger partial charge in [-0.15, -0.1) is 0 Å². The lowest BCUT2D eigenvalue weighted by Gasteiger charge is -2.39. The maximum atomic E-state index is 12.4. The monoisotopic (exact) mass is 317 g/mol. The van der Waals surface area contributed by atoms with Crippen LogP contribution < -0.4 is 0 Å². The van der Waals surface area contributed by atoms with Crippen LogP contribution in [0.15, 0.2) is 23.8 Å². The molecule has 0 amide bonds. The van der Waals surface area contributed by atoms with E-state index in [4.69, 9.17) is 10.3 Å². The smallest absolute Gasteiger partial charge is 0.345 e. The quantitative estimate of drug-likeness (QED) is 0.345. The van der Waals surface area contributed by atoms with Crippen LogP contribution in [0.3, 0.4) is 0 Å². The van der Waals surface area contributed by atoms with Gasteiger partial charge in [0.2, 0.25) is 0 Å². The van der Waals surface area contributed by atoms with Crippen molar-refractivity contribution in [1.29, 1.82) is 0 Å². The van der Waals surface area contributed by atoms with Crippen LogP contribution >= 0.6 is 0 Å². The van der Waals surface area contributed by atoms with Crippen molar-refractivity contribution in [2.45, 2.75) is 43.9 Å². The normalized spacial score (nSPS) is 33.1. The fraction of sp³-hybridized carbons (Fsp3) is 0.562. The van der Waals surface area contributed by atoms with E-state index in [9.17, 15) is 14.7 Å². The highest BCUT2D eigenvalue weighted by atomic mass is 16.6. The summed E-state index contributed by atoms with van der Waals surface area (Å²) < 4.78 is 4.98. The molecule has 0 spiro atoms. The fourth-order valence-electron chi connectivity index (χ4n) is 3.73. The molecule has 3 rings (SSSR count). The van der Waals surface area contributed by atoms with Gasteiger partial charge in [-0.1, -0.05) is 6.08 Å². The van der Waals surface area contributed by atoms with Crippen LogP contribution in [0, 0.1) is 5.92 Å². The molecule has 0 unspecified atom stereocenters. The second-order valence-corrected chi connectivity index (χ2v) is 6.29. The van der Waals surface area contributed by atoms with E-state index in [-0.39, 0.29) is 11.6 Å². The Hall–Kier alpha value is -2.08. The zero-order valence-corrected chi connectivity index (χ0v) is 12.9. The molecule has 122 valence electrons. The van der Waals surface area contributed by atoms with Gasteiger partial charge in [0.1, 0.15) is 0 Å². The molecule has 4 atom stereocenters. The van der Waals surface area contributed by atoms with Gasteiger partial charge < -0.3 is 15.4 Å². The third-order valence-corrected chi connectivity index (χ3v) is 5.05. The van der Waals surface area contributed by atoms with Gasteiger partial charge in [0.05, 0.1) is 24.0 Å². The number of hydrogen-bond donors (Lipinski definition) is 1. The van der Waals surface area contributed by atoms with Crippen LogP contribution in [-0.2, 0) is 14.3 Å². The number of piperidine rings is 1. The van der Waals surface area contributed by atoms with Crippen molar-refractivity contribution in [3.63, 3.8) is 0 Å². The molecular formula is C16H19N3O4. The molecule has 0 radical (unpaired) electrons. The van der Waals surface area contributed by atoms with Crippen molar-refractivity contribution in [2.24, 2.45) is 5.92 Å². The maximum Gasteiger partial charge on any atom is 0.345 e. The zero-order chi connectivity index (χ0) is 16.6. The number of ether oxygens (including phenoxy) is 1. The highest BCUT2D eigenvalue weighted by molar-refractivity contribution is 6.03. The number of fused-ring (bicyclic) bond motifs is 2. The first kappa shape index (κ1) is 15.8. The summed E-state index contributed by atoms with van der Waals surface area (Å²) in [5.41, 5.74) is 9.32. The van der Waals surface area contributed by atoms with Gasteiger partial charge in [-0.2, -0.15) is 4.79 Å². The Bertz CT molecular complexity index is 648. The lowest BCUT2D eigenvalue weighted by Crippen LogP contribution is -2.52. The molecule has 0 aromatic carbocycles. The van der Waals surface area contributed by atoms with Crippen LogP contribution in [0.25, 0.3) is 5.53 Å². The zero-order valence-electron chi connectivity index (χ0n) is 12.9. The molecule has 3 aliphatic rings. The molecule has 0 saturated carbocycles. The standard InChI is InChI=1S/C16H19N3O4/c1-19-11-6-7-12(19)14(13(20)8-11)16(22)23-15(21)9-2-4-10(18-17)5-3-9/h2-4,11-14,20H,5-8H2,1H3/t11-,12+,13-,14+/m0/s1. The summed E-state index contributed by atoms with van der Waals surface area (Å²) in [7, 11) is 1.94. The van der Waals surface area contributed by atoms with Crippen LogP contribution in [0.2, 0.25) is 0 Å². The molecule has 2 heterocycles. The van der Waals surface area contributed by atoms with Gasteiger partial charge >= 0.3 is 11.9 Å². The molecule has 2 saturated heterocycles. The van der Waals surface area contributed by atoms with Crippen molar-refractivity contribution in [3.05, 3.63) is 29.3 Å². The Labute approximate surface area is 133 Å². The Balaban J connectivity index is 1.67. The number of carbonyl (C=O) groups excluding carboxylic acids is 2. The summed E-state index contributed by atoms with van der Waals surface area (Å²) >= 11 is 0. The minimum atomic E-state index is -0.770. The average Bonchev–Trinajstić information content (AvgIpc) is 2.79. The predicted molar refractivity (Wildman–Crippen MR) is 80.3 cm³/mol. The lowest BCUT2D eigenvalue weighted by atomic mass is 9.88. The molecule has 1 N–H and O–H groups in total. The highest BCUT2D eigenvalue weighted by Crippen LogP contribution is 2.38. The molecule has 2 aliphatic heterocycles. The molecule has 7 heteroatoms. The average molecular weight is 317 g/mol. The molecule has 0 aromatic heterocycles. The Morgan fingerprint density at radius 3 is 2.83 bits per heavy atom. The molecule has 2 bridgehead atoms. The maximum absolute atomic E-state index is 12.4. The Kier molecular flexibility index (Phi) is 4.26. The van der Waals surface area contributed by atoms with Gasteiger partial charge in [0, 0.05) is 18.2 Å². The van der Waals surface area contributed by atoms with Crippen molar-refractivity contribution < 1.29 is 24.2 Å². The summed E-state index contributed by atoms with van der Waals surface area (Å²) in [5, 5.41) is 10.2. The van der Waals surface area contributed by atoms with Gasteiger partial charge in [0.15, 0.2) is 0 Å². The predicted octanol–water partition coefficient (Wildman–Crippen LogP) is 0.457. The number of carbonyl (C=O) groups is 2. The Morgan fingerprint density at radius 2 is 2.17 bits per heavy atom. The minimum Gasteiger partial charge on any atom is -0.392 e. The summed E-state index contributed by atoms with van der Waals surface area (Å²) in [6, 6.07) is 0.225.